The summed E-state index contributed by atoms with van der Waals surface area (Å²) in [5.74, 6) is -0.373. The molecule has 128 valence electrons. The number of halogens is 1. The number of hydrogen-bond acceptors (Lipinski definition) is 3. The standard InChI is InChI=1S/C18H21BrN2O3/c1-12(2)16(20-17(22)15-9-6-10-24-15)18(23)21(3)11-13-7-4-5-8-14(13)19/h4-10,12,16H,11H2,1-3H3,(H,20,22). The zero-order valence-electron chi connectivity index (χ0n) is 14.0. The highest BCUT2D eigenvalue weighted by Gasteiger charge is 2.28. The molecule has 1 aromatic carbocycles. The first-order valence-electron chi connectivity index (χ1n) is 7.73. The van der Waals surface area contributed by atoms with Crippen molar-refractivity contribution in [2.24, 2.45) is 5.92 Å². The Labute approximate surface area is 150 Å². The third kappa shape index (κ3) is 4.47. The maximum atomic E-state index is 12.8. The van der Waals surface area contributed by atoms with Crippen LogP contribution in [0, 0.1) is 5.92 Å². The van der Waals surface area contributed by atoms with Crippen molar-refractivity contribution in [3.63, 3.8) is 0 Å². The Morgan fingerprint density at radius 3 is 2.50 bits per heavy atom. The number of furan rings is 1. The average molecular weight is 393 g/mol. The molecule has 6 heteroatoms. The van der Waals surface area contributed by atoms with Gasteiger partial charge in [0.05, 0.1) is 6.26 Å². The summed E-state index contributed by atoms with van der Waals surface area (Å²) in [6.07, 6.45) is 1.43. The molecule has 0 aliphatic carbocycles. The fourth-order valence-corrected chi connectivity index (χ4v) is 2.74. The average Bonchev–Trinajstić information content (AvgIpc) is 3.08. The lowest BCUT2D eigenvalue weighted by atomic mass is 10.0. The first kappa shape index (κ1) is 18.3. The van der Waals surface area contributed by atoms with Crippen molar-refractivity contribution in [2.75, 3.05) is 7.05 Å². The van der Waals surface area contributed by atoms with E-state index in [-0.39, 0.29) is 23.5 Å². The number of carbonyl (C=O) groups excluding carboxylic acids is 2. The van der Waals surface area contributed by atoms with Gasteiger partial charge in [-0.15, -0.1) is 0 Å². The van der Waals surface area contributed by atoms with Crippen LogP contribution in [0.5, 0.6) is 0 Å². The van der Waals surface area contributed by atoms with Crippen LogP contribution in [-0.4, -0.2) is 29.8 Å². The topological polar surface area (TPSA) is 62.6 Å². The summed E-state index contributed by atoms with van der Waals surface area (Å²) < 4.78 is 6.03. The summed E-state index contributed by atoms with van der Waals surface area (Å²) in [5.41, 5.74) is 1.01. The van der Waals surface area contributed by atoms with Crippen LogP contribution in [-0.2, 0) is 11.3 Å². The molecule has 5 nitrogen and oxygen atoms in total. The Kier molecular flexibility index (Phi) is 6.20. The molecule has 1 aromatic heterocycles. The van der Waals surface area contributed by atoms with Gasteiger partial charge < -0.3 is 14.6 Å². The van der Waals surface area contributed by atoms with Gasteiger partial charge in [0.15, 0.2) is 5.76 Å². The summed E-state index contributed by atoms with van der Waals surface area (Å²) in [5, 5.41) is 2.76. The van der Waals surface area contributed by atoms with Gasteiger partial charge in [-0.05, 0) is 29.7 Å². The minimum absolute atomic E-state index is 0.0434. The van der Waals surface area contributed by atoms with Crippen LogP contribution in [0.3, 0.4) is 0 Å². The molecule has 0 saturated heterocycles. The van der Waals surface area contributed by atoms with Gasteiger partial charge in [0.2, 0.25) is 5.91 Å². The Bertz CT molecular complexity index is 698. The first-order chi connectivity index (χ1) is 11.4. The predicted molar refractivity (Wildman–Crippen MR) is 95.4 cm³/mol. The highest BCUT2D eigenvalue weighted by molar-refractivity contribution is 9.10. The van der Waals surface area contributed by atoms with Crippen LogP contribution in [0.2, 0.25) is 0 Å². The van der Waals surface area contributed by atoms with Crippen molar-refractivity contribution in [2.45, 2.75) is 26.4 Å². The second kappa shape index (κ2) is 8.15. The van der Waals surface area contributed by atoms with E-state index in [4.69, 9.17) is 4.42 Å². The number of hydrogen-bond donors (Lipinski definition) is 1. The van der Waals surface area contributed by atoms with Gasteiger partial charge in [0.25, 0.3) is 5.91 Å². The summed E-state index contributed by atoms with van der Waals surface area (Å²) in [4.78, 5) is 26.6. The van der Waals surface area contributed by atoms with E-state index < -0.39 is 6.04 Å². The monoisotopic (exact) mass is 392 g/mol. The maximum absolute atomic E-state index is 12.8. The normalized spacial score (nSPS) is 12.0. The number of amides is 2. The van der Waals surface area contributed by atoms with E-state index in [1.807, 2.05) is 38.1 Å². The van der Waals surface area contributed by atoms with E-state index in [0.29, 0.717) is 6.54 Å². The van der Waals surface area contributed by atoms with E-state index in [1.165, 1.54) is 6.26 Å². The largest absolute Gasteiger partial charge is 0.459 e. The van der Waals surface area contributed by atoms with Crippen LogP contribution in [0.25, 0.3) is 0 Å². The number of nitrogens with zero attached hydrogens (tertiary/aromatic N) is 1. The highest BCUT2D eigenvalue weighted by Crippen LogP contribution is 2.18. The van der Waals surface area contributed by atoms with Crippen LogP contribution < -0.4 is 5.32 Å². The van der Waals surface area contributed by atoms with Crippen molar-refractivity contribution in [3.8, 4) is 0 Å². The Morgan fingerprint density at radius 1 is 1.21 bits per heavy atom. The van der Waals surface area contributed by atoms with Crippen molar-refractivity contribution in [1.29, 1.82) is 0 Å². The third-order valence-corrected chi connectivity index (χ3v) is 4.48. The summed E-state index contributed by atoms with van der Waals surface area (Å²) in [7, 11) is 1.73. The van der Waals surface area contributed by atoms with Crippen molar-refractivity contribution in [3.05, 3.63) is 58.5 Å². The summed E-state index contributed by atoms with van der Waals surface area (Å²) in [6, 6.07) is 10.3. The Morgan fingerprint density at radius 2 is 1.92 bits per heavy atom. The molecule has 2 rings (SSSR count). The van der Waals surface area contributed by atoms with Gasteiger partial charge in [0, 0.05) is 18.1 Å². The van der Waals surface area contributed by atoms with Gasteiger partial charge in [-0.25, -0.2) is 0 Å². The quantitative estimate of drug-likeness (QED) is 0.818. The molecule has 24 heavy (non-hydrogen) atoms. The van der Waals surface area contributed by atoms with Crippen molar-refractivity contribution in [1.82, 2.24) is 10.2 Å². The summed E-state index contributed by atoms with van der Waals surface area (Å²) >= 11 is 3.49. The van der Waals surface area contributed by atoms with Gasteiger partial charge in [-0.3, -0.25) is 9.59 Å². The second-order valence-electron chi connectivity index (χ2n) is 5.96. The molecular weight excluding hydrogens is 372 g/mol. The van der Waals surface area contributed by atoms with Crippen LogP contribution >= 0.6 is 15.9 Å². The molecular formula is C18H21BrN2O3. The number of carbonyl (C=O) groups is 2. The SMILES string of the molecule is CC(C)C(NC(=O)c1ccco1)C(=O)N(C)Cc1ccccc1Br. The molecule has 0 radical (unpaired) electrons. The number of benzene rings is 1. The molecule has 2 amide bonds. The molecule has 0 saturated carbocycles. The highest BCUT2D eigenvalue weighted by atomic mass is 79.9. The smallest absolute Gasteiger partial charge is 0.287 e. The second-order valence-corrected chi connectivity index (χ2v) is 6.81. The fourth-order valence-electron chi connectivity index (χ4n) is 2.33. The minimum atomic E-state index is -0.616. The Balaban J connectivity index is 2.08. The molecule has 0 aliphatic rings. The molecule has 1 heterocycles. The number of nitrogens with one attached hydrogen (secondary N) is 1. The van der Waals surface area contributed by atoms with Crippen molar-refractivity contribution >= 4 is 27.7 Å². The fraction of sp³-hybridized carbons (Fsp3) is 0.333. The van der Waals surface area contributed by atoms with Crippen LogP contribution in [0.1, 0.15) is 30.0 Å². The van der Waals surface area contributed by atoms with E-state index in [9.17, 15) is 9.59 Å². The number of likely N-dealkylation sites (N-methyl/N-ethyl adjacent to an activating group) is 1. The zero-order valence-corrected chi connectivity index (χ0v) is 15.5. The first-order valence-corrected chi connectivity index (χ1v) is 8.52. The summed E-state index contributed by atoms with van der Waals surface area (Å²) in [6.45, 7) is 4.26. The molecule has 1 atom stereocenters. The third-order valence-electron chi connectivity index (χ3n) is 3.71. The molecule has 0 aliphatic heterocycles. The van der Waals surface area contributed by atoms with Crippen LogP contribution in [0.15, 0.2) is 51.6 Å². The molecule has 1 N–H and O–H groups in total. The van der Waals surface area contributed by atoms with Gasteiger partial charge in [0.1, 0.15) is 6.04 Å². The lowest BCUT2D eigenvalue weighted by molar-refractivity contribution is -0.133. The minimum Gasteiger partial charge on any atom is -0.459 e. The molecule has 2 aromatic rings. The lowest BCUT2D eigenvalue weighted by Crippen LogP contribution is -2.50. The van der Waals surface area contributed by atoms with Gasteiger partial charge >= 0.3 is 0 Å². The number of rotatable bonds is 6. The van der Waals surface area contributed by atoms with Gasteiger partial charge in [-0.2, -0.15) is 0 Å². The predicted octanol–water partition coefficient (Wildman–Crippen LogP) is 3.46. The van der Waals surface area contributed by atoms with Crippen molar-refractivity contribution < 1.29 is 14.0 Å². The molecule has 1 unspecified atom stereocenters. The molecule has 0 spiro atoms. The zero-order chi connectivity index (χ0) is 17.7. The van der Waals surface area contributed by atoms with E-state index in [2.05, 4.69) is 21.2 Å². The van der Waals surface area contributed by atoms with E-state index in [1.54, 1.807) is 24.1 Å². The van der Waals surface area contributed by atoms with E-state index in [0.717, 1.165) is 10.0 Å². The van der Waals surface area contributed by atoms with E-state index >= 15 is 0 Å². The molecule has 0 fully saturated rings. The molecule has 0 bridgehead atoms. The Hall–Kier alpha value is -2.08. The van der Waals surface area contributed by atoms with Crippen LogP contribution in [0.4, 0.5) is 0 Å². The van der Waals surface area contributed by atoms with Gasteiger partial charge in [-0.1, -0.05) is 48.0 Å². The lowest BCUT2D eigenvalue weighted by Gasteiger charge is -2.27. The maximum Gasteiger partial charge on any atom is 0.287 e.